The summed E-state index contributed by atoms with van der Waals surface area (Å²) in [5, 5.41) is 9.10. The number of Topliss-reactive ketones (excluding diaryl/α,β-unsaturated/α-hetero) is 1. The van der Waals surface area contributed by atoms with Crippen LogP contribution < -0.4 is 10.1 Å². The minimum Gasteiger partial charge on any atom is -0.497 e. The SMILES string of the molecule is COc1cccc(-c2csc3nc(NC(=O)CCCC(=O)c4ccccc4)nn23)c1. The summed E-state index contributed by atoms with van der Waals surface area (Å²) in [6.45, 7) is 0. The van der Waals surface area contributed by atoms with Crippen molar-refractivity contribution in [3.63, 3.8) is 0 Å². The number of ether oxygens (including phenoxy) is 1. The Morgan fingerprint density at radius 1 is 1.10 bits per heavy atom. The molecule has 0 atom stereocenters. The number of amides is 1. The Bertz CT molecular complexity index is 1180. The maximum Gasteiger partial charge on any atom is 0.250 e. The van der Waals surface area contributed by atoms with Gasteiger partial charge in [0, 0.05) is 29.3 Å². The largest absolute Gasteiger partial charge is 0.497 e. The lowest BCUT2D eigenvalue weighted by atomic mass is 10.1. The van der Waals surface area contributed by atoms with Crippen LogP contribution in [0.2, 0.25) is 0 Å². The summed E-state index contributed by atoms with van der Waals surface area (Å²) in [6.07, 6.45) is 1.02. The Hall–Kier alpha value is -3.52. The molecule has 0 unspecified atom stereocenters. The minimum absolute atomic E-state index is 0.0342. The van der Waals surface area contributed by atoms with Crippen molar-refractivity contribution in [2.75, 3.05) is 12.4 Å². The van der Waals surface area contributed by atoms with Gasteiger partial charge in [0.1, 0.15) is 5.75 Å². The third-order valence-electron chi connectivity index (χ3n) is 4.60. The number of thiazole rings is 1. The zero-order chi connectivity index (χ0) is 20.9. The summed E-state index contributed by atoms with van der Waals surface area (Å²) >= 11 is 1.44. The second-order valence-electron chi connectivity index (χ2n) is 6.67. The third kappa shape index (κ3) is 4.38. The lowest BCUT2D eigenvalue weighted by Gasteiger charge is -2.03. The fraction of sp³-hybridized carbons (Fsp3) is 0.182. The standard InChI is InChI=1S/C22H20N4O3S/c1-29-17-10-5-9-16(13-17)18-14-30-22-24-21(25-26(18)22)23-20(28)12-6-11-19(27)15-7-3-2-4-8-15/h2-5,7-10,13-14H,6,11-12H2,1H3,(H,23,25,28). The molecule has 7 nitrogen and oxygen atoms in total. The summed E-state index contributed by atoms with van der Waals surface area (Å²) in [6, 6.07) is 16.8. The molecule has 0 saturated heterocycles. The van der Waals surface area contributed by atoms with Gasteiger partial charge in [0.2, 0.25) is 16.8 Å². The van der Waals surface area contributed by atoms with E-state index in [1.165, 1.54) is 11.3 Å². The van der Waals surface area contributed by atoms with E-state index in [2.05, 4.69) is 15.4 Å². The molecule has 2 aromatic heterocycles. The van der Waals surface area contributed by atoms with Crippen molar-refractivity contribution in [1.82, 2.24) is 14.6 Å². The fourth-order valence-corrected chi connectivity index (χ4v) is 3.91. The van der Waals surface area contributed by atoms with Crippen LogP contribution in [0, 0.1) is 0 Å². The lowest BCUT2D eigenvalue weighted by Crippen LogP contribution is -2.13. The Morgan fingerprint density at radius 2 is 1.93 bits per heavy atom. The number of hydrogen-bond acceptors (Lipinski definition) is 6. The van der Waals surface area contributed by atoms with Gasteiger partial charge in [-0.05, 0) is 18.6 Å². The summed E-state index contributed by atoms with van der Waals surface area (Å²) < 4.78 is 6.98. The fourth-order valence-electron chi connectivity index (χ4n) is 3.08. The van der Waals surface area contributed by atoms with E-state index in [1.54, 1.807) is 23.8 Å². The molecule has 0 spiro atoms. The van der Waals surface area contributed by atoms with Crippen molar-refractivity contribution < 1.29 is 14.3 Å². The quantitative estimate of drug-likeness (QED) is 0.426. The van der Waals surface area contributed by atoms with Crippen LogP contribution in [0.3, 0.4) is 0 Å². The third-order valence-corrected chi connectivity index (χ3v) is 5.42. The molecular weight excluding hydrogens is 400 g/mol. The average molecular weight is 420 g/mol. The zero-order valence-electron chi connectivity index (χ0n) is 16.4. The van der Waals surface area contributed by atoms with Gasteiger partial charge >= 0.3 is 0 Å². The Morgan fingerprint density at radius 3 is 2.73 bits per heavy atom. The van der Waals surface area contributed by atoms with Crippen molar-refractivity contribution in [1.29, 1.82) is 0 Å². The first-order chi connectivity index (χ1) is 14.6. The predicted octanol–water partition coefficient (Wildman–Crippen LogP) is 4.46. The Labute approximate surface area is 177 Å². The molecule has 0 aliphatic heterocycles. The molecule has 0 fully saturated rings. The molecule has 0 aliphatic rings. The van der Waals surface area contributed by atoms with Crippen molar-refractivity contribution in [3.8, 4) is 17.0 Å². The smallest absolute Gasteiger partial charge is 0.250 e. The van der Waals surface area contributed by atoms with Crippen molar-refractivity contribution in [2.24, 2.45) is 0 Å². The first kappa shape index (κ1) is 19.8. The number of nitrogens with zero attached hydrogens (tertiary/aromatic N) is 3. The van der Waals surface area contributed by atoms with E-state index in [-0.39, 0.29) is 24.1 Å². The van der Waals surface area contributed by atoms with Crippen molar-refractivity contribution >= 4 is 33.9 Å². The number of carbonyl (C=O) groups is 2. The molecule has 0 saturated carbocycles. The van der Waals surface area contributed by atoms with Gasteiger partial charge in [-0.25, -0.2) is 4.52 Å². The van der Waals surface area contributed by atoms with E-state index in [4.69, 9.17) is 4.74 Å². The number of hydrogen-bond donors (Lipinski definition) is 1. The number of anilines is 1. The van der Waals surface area contributed by atoms with Crippen LogP contribution >= 0.6 is 11.3 Å². The highest BCUT2D eigenvalue weighted by molar-refractivity contribution is 7.15. The zero-order valence-corrected chi connectivity index (χ0v) is 17.2. The number of rotatable bonds is 8. The molecule has 0 bridgehead atoms. The van der Waals surface area contributed by atoms with Crippen LogP contribution in [0.15, 0.2) is 60.0 Å². The summed E-state index contributed by atoms with van der Waals surface area (Å²) in [5.41, 5.74) is 2.48. The predicted molar refractivity (Wildman–Crippen MR) is 116 cm³/mol. The molecule has 2 heterocycles. The lowest BCUT2D eigenvalue weighted by molar-refractivity contribution is -0.116. The average Bonchev–Trinajstić information content (AvgIpc) is 3.34. The first-order valence-corrected chi connectivity index (χ1v) is 10.4. The number of aromatic nitrogens is 3. The molecule has 152 valence electrons. The summed E-state index contributed by atoms with van der Waals surface area (Å²) in [5.74, 6) is 0.833. The van der Waals surface area contributed by atoms with Crippen LogP contribution in [0.1, 0.15) is 29.6 Å². The Balaban J connectivity index is 1.38. The number of carbonyl (C=O) groups excluding carboxylic acids is 2. The van der Waals surface area contributed by atoms with Crippen molar-refractivity contribution in [3.05, 3.63) is 65.5 Å². The monoisotopic (exact) mass is 420 g/mol. The number of ketones is 1. The van der Waals surface area contributed by atoms with Gasteiger partial charge in [0.25, 0.3) is 0 Å². The van der Waals surface area contributed by atoms with Crippen molar-refractivity contribution in [2.45, 2.75) is 19.3 Å². The molecule has 1 amide bonds. The van der Waals surface area contributed by atoms with E-state index >= 15 is 0 Å². The van der Waals surface area contributed by atoms with Gasteiger partial charge in [-0.3, -0.25) is 14.9 Å². The number of methoxy groups -OCH3 is 1. The van der Waals surface area contributed by atoms with Gasteiger partial charge in [0.15, 0.2) is 5.78 Å². The minimum atomic E-state index is -0.211. The molecule has 8 heteroatoms. The second kappa shape index (κ2) is 8.87. The van der Waals surface area contributed by atoms with E-state index in [0.717, 1.165) is 17.0 Å². The Kier molecular flexibility index (Phi) is 5.85. The summed E-state index contributed by atoms with van der Waals surface area (Å²) in [4.78, 5) is 29.4. The van der Waals surface area contributed by atoms with Crippen LogP contribution in [0.5, 0.6) is 5.75 Å². The normalized spacial score (nSPS) is 10.8. The van der Waals surface area contributed by atoms with Gasteiger partial charge < -0.3 is 4.74 Å². The highest BCUT2D eigenvalue weighted by Crippen LogP contribution is 2.28. The topological polar surface area (TPSA) is 85.6 Å². The van der Waals surface area contributed by atoms with Crippen LogP contribution in [0.4, 0.5) is 5.95 Å². The molecule has 4 rings (SSSR count). The van der Waals surface area contributed by atoms with Crippen LogP contribution in [-0.4, -0.2) is 33.4 Å². The van der Waals surface area contributed by atoms with Crippen LogP contribution in [-0.2, 0) is 4.79 Å². The maximum absolute atomic E-state index is 12.2. The van der Waals surface area contributed by atoms with E-state index in [9.17, 15) is 9.59 Å². The maximum atomic E-state index is 12.2. The molecule has 1 N–H and O–H groups in total. The first-order valence-electron chi connectivity index (χ1n) is 9.51. The molecule has 2 aromatic carbocycles. The second-order valence-corrected chi connectivity index (χ2v) is 7.51. The van der Waals surface area contributed by atoms with E-state index in [1.807, 2.05) is 47.8 Å². The number of benzene rings is 2. The number of fused-ring (bicyclic) bond motifs is 1. The van der Waals surface area contributed by atoms with Gasteiger partial charge in [-0.2, -0.15) is 4.98 Å². The van der Waals surface area contributed by atoms with E-state index in [0.29, 0.717) is 23.4 Å². The van der Waals surface area contributed by atoms with Gasteiger partial charge in [-0.15, -0.1) is 16.4 Å². The van der Waals surface area contributed by atoms with Gasteiger partial charge in [-0.1, -0.05) is 42.5 Å². The highest BCUT2D eigenvalue weighted by atomic mass is 32.1. The van der Waals surface area contributed by atoms with Gasteiger partial charge in [0.05, 0.1) is 12.8 Å². The number of nitrogens with one attached hydrogen (secondary N) is 1. The summed E-state index contributed by atoms with van der Waals surface area (Å²) in [7, 11) is 1.62. The molecule has 0 aliphatic carbocycles. The van der Waals surface area contributed by atoms with Crippen LogP contribution in [0.25, 0.3) is 16.2 Å². The molecule has 30 heavy (non-hydrogen) atoms. The van der Waals surface area contributed by atoms with E-state index < -0.39 is 0 Å². The molecular formula is C22H20N4O3S. The molecule has 4 aromatic rings. The highest BCUT2D eigenvalue weighted by Gasteiger charge is 2.14. The molecule has 0 radical (unpaired) electrons.